The van der Waals surface area contributed by atoms with Gasteiger partial charge >= 0.3 is 0 Å². The molecule has 4 rings (SSSR count). The van der Waals surface area contributed by atoms with E-state index >= 15 is 0 Å². The lowest BCUT2D eigenvalue weighted by atomic mass is 9.98. The minimum atomic E-state index is 1.21. The molecular formula is C17H18N+. The second kappa shape index (κ2) is 3.69. The van der Waals surface area contributed by atoms with E-state index in [4.69, 9.17) is 0 Å². The molecule has 18 heavy (non-hydrogen) atoms. The Balaban J connectivity index is 1.70. The summed E-state index contributed by atoms with van der Waals surface area (Å²) in [5.74, 6) is 0. The fraction of sp³-hybridized carbons (Fsp3) is 0.294. The van der Waals surface area contributed by atoms with E-state index in [0.717, 1.165) is 0 Å². The molecule has 2 aliphatic rings. The normalized spacial score (nSPS) is 19.6. The van der Waals surface area contributed by atoms with Crippen LogP contribution in [0.15, 0.2) is 48.5 Å². The highest BCUT2D eigenvalue weighted by Crippen LogP contribution is 2.35. The molecule has 2 heterocycles. The first-order chi connectivity index (χ1) is 8.85. The molecule has 1 nitrogen and oxygen atoms in total. The van der Waals surface area contributed by atoms with Crippen molar-refractivity contribution in [3.8, 4) is 0 Å². The second-order valence-electron chi connectivity index (χ2n) is 5.83. The van der Waals surface area contributed by atoms with Gasteiger partial charge in [0.15, 0.2) is 0 Å². The summed E-state index contributed by atoms with van der Waals surface area (Å²) < 4.78 is 1.25. The average Bonchev–Trinajstić information content (AvgIpc) is 2.76. The van der Waals surface area contributed by atoms with Gasteiger partial charge in [0.2, 0.25) is 0 Å². The summed E-state index contributed by atoms with van der Waals surface area (Å²) in [5.41, 5.74) is 6.27. The Morgan fingerprint density at radius 3 is 1.61 bits per heavy atom. The van der Waals surface area contributed by atoms with Gasteiger partial charge in [-0.25, -0.2) is 0 Å². The molecule has 0 aromatic heterocycles. The molecule has 2 aliphatic heterocycles. The number of nitrogens with zero attached hydrogens (tertiary/aromatic N) is 1. The molecule has 0 N–H and O–H groups in total. The van der Waals surface area contributed by atoms with Crippen LogP contribution in [0.5, 0.6) is 0 Å². The lowest BCUT2D eigenvalue weighted by Crippen LogP contribution is -2.46. The second-order valence-corrected chi connectivity index (χ2v) is 5.83. The van der Waals surface area contributed by atoms with Crippen molar-refractivity contribution in [1.82, 2.24) is 0 Å². The number of quaternary nitrogens is 1. The van der Waals surface area contributed by atoms with Gasteiger partial charge in [-0.1, -0.05) is 48.5 Å². The summed E-state index contributed by atoms with van der Waals surface area (Å²) in [6.07, 6.45) is 1.24. The van der Waals surface area contributed by atoms with Gasteiger partial charge in [-0.3, -0.25) is 0 Å². The predicted octanol–water partition coefficient (Wildman–Crippen LogP) is 3.27. The highest BCUT2D eigenvalue weighted by atomic mass is 15.4. The summed E-state index contributed by atoms with van der Waals surface area (Å²) in [7, 11) is 0. The van der Waals surface area contributed by atoms with Crippen molar-refractivity contribution in [3.63, 3.8) is 0 Å². The molecule has 90 valence electrons. The molecule has 1 heteroatoms. The fourth-order valence-electron chi connectivity index (χ4n) is 3.67. The molecule has 2 aromatic carbocycles. The van der Waals surface area contributed by atoms with Crippen LogP contribution in [0, 0.1) is 0 Å². The summed E-state index contributed by atoms with van der Waals surface area (Å²) >= 11 is 0. The van der Waals surface area contributed by atoms with Crippen LogP contribution in [0.3, 0.4) is 0 Å². The van der Waals surface area contributed by atoms with E-state index in [2.05, 4.69) is 48.5 Å². The summed E-state index contributed by atoms with van der Waals surface area (Å²) in [4.78, 5) is 0. The van der Waals surface area contributed by atoms with Gasteiger partial charge in [0.05, 0.1) is 6.54 Å². The van der Waals surface area contributed by atoms with Crippen LogP contribution in [0.4, 0.5) is 0 Å². The zero-order chi connectivity index (χ0) is 12.0. The molecule has 0 aliphatic carbocycles. The Kier molecular flexibility index (Phi) is 2.12. The zero-order valence-corrected chi connectivity index (χ0v) is 10.6. The van der Waals surface area contributed by atoms with Gasteiger partial charge in [0.25, 0.3) is 0 Å². The van der Waals surface area contributed by atoms with Crippen molar-refractivity contribution in [1.29, 1.82) is 0 Å². The highest BCUT2D eigenvalue weighted by molar-refractivity contribution is 5.31. The fourth-order valence-corrected chi connectivity index (χ4v) is 3.67. The third-order valence-corrected chi connectivity index (χ3v) is 4.61. The van der Waals surface area contributed by atoms with Crippen molar-refractivity contribution in [2.75, 3.05) is 6.54 Å². The summed E-state index contributed by atoms with van der Waals surface area (Å²) in [6, 6.07) is 17.9. The van der Waals surface area contributed by atoms with E-state index in [9.17, 15) is 0 Å². The maximum atomic E-state index is 2.32. The van der Waals surface area contributed by atoms with E-state index in [0.29, 0.717) is 0 Å². The summed E-state index contributed by atoms with van der Waals surface area (Å²) in [5, 5.41) is 0. The van der Waals surface area contributed by atoms with E-state index in [1.165, 1.54) is 37.1 Å². The molecule has 0 fully saturated rings. The molecule has 0 radical (unpaired) electrons. The van der Waals surface area contributed by atoms with Gasteiger partial charge in [-0.05, 0) is 5.56 Å². The first-order valence-electron chi connectivity index (χ1n) is 6.83. The lowest BCUT2D eigenvalue weighted by molar-refractivity contribution is -0.961. The Labute approximate surface area is 108 Å². The Hall–Kier alpha value is -1.60. The van der Waals surface area contributed by atoms with Crippen LogP contribution in [0.25, 0.3) is 0 Å². The zero-order valence-electron chi connectivity index (χ0n) is 10.6. The maximum absolute atomic E-state index is 2.32. The topological polar surface area (TPSA) is 0 Å². The molecule has 1 spiro atoms. The minimum absolute atomic E-state index is 1.21. The Morgan fingerprint density at radius 1 is 0.611 bits per heavy atom. The first kappa shape index (κ1) is 10.3. The molecule has 0 bridgehead atoms. The largest absolute Gasteiger partial charge is 0.312 e. The monoisotopic (exact) mass is 236 g/mol. The predicted molar refractivity (Wildman–Crippen MR) is 72.8 cm³/mol. The molecule has 0 saturated heterocycles. The molecule has 0 saturated carbocycles. The van der Waals surface area contributed by atoms with E-state index in [-0.39, 0.29) is 0 Å². The number of hydrogen-bond donors (Lipinski definition) is 0. The first-order valence-corrected chi connectivity index (χ1v) is 6.83. The van der Waals surface area contributed by atoms with Crippen LogP contribution in [-0.2, 0) is 26.1 Å². The van der Waals surface area contributed by atoms with Gasteiger partial charge in [0.1, 0.15) is 19.6 Å². The molecule has 0 atom stereocenters. The highest BCUT2D eigenvalue weighted by Gasteiger charge is 2.38. The van der Waals surface area contributed by atoms with Crippen LogP contribution < -0.4 is 0 Å². The van der Waals surface area contributed by atoms with Crippen LogP contribution in [-0.4, -0.2) is 11.0 Å². The number of benzene rings is 2. The smallest absolute Gasteiger partial charge is 0.105 e. The van der Waals surface area contributed by atoms with Crippen molar-refractivity contribution in [2.45, 2.75) is 26.1 Å². The van der Waals surface area contributed by atoms with Gasteiger partial charge in [-0.2, -0.15) is 0 Å². The molecule has 0 unspecified atom stereocenters. The quantitative estimate of drug-likeness (QED) is 0.616. The van der Waals surface area contributed by atoms with E-state index in [1.807, 2.05) is 0 Å². The van der Waals surface area contributed by atoms with Crippen LogP contribution in [0.2, 0.25) is 0 Å². The van der Waals surface area contributed by atoms with Crippen molar-refractivity contribution >= 4 is 0 Å². The van der Waals surface area contributed by atoms with E-state index < -0.39 is 0 Å². The number of rotatable bonds is 0. The van der Waals surface area contributed by atoms with Crippen LogP contribution in [0.1, 0.15) is 22.3 Å². The molecule has 0 amide bonds. The SMILES string of the molecule is c1ccc2c(c1)CC[N+]1(C2)Cc2ccccc2C1. The number of fused-ring (bicyclic) bond motifs is 2. The Bertz CT molecular complexity index is 575. The van der Waals surface area contributed by atoms with Crippen molar-refractivity contribution < 1.29 is 4.48 Å². The van der Waals surface area contributed by atoms with Gasteiger partial charge in [0, 0.05) is 23.1 Å². The number of hydrogen-bond acceptors (Lipinski definition) is 0. The average molecular weight is 236 g/mol. The minimum Gasteiger partial charge on any atom is -0.312 e. The van der Waals surface area contributed by atoms with Gasteiger partial charge in [-0.15, -0.1) is 0 Å². The van der Waals surface area contributed by atoms with Crippen molar-refractivity contribution in [3.05, 3.63) is 70.8 Å². The van der Waals surface area contributed by atoms with E-state index in [1.54, 1.807) is 22.3 Å². The standard InChI is InChI=1S/C17H18N/c1-2-6-15-11-18(10-9-14(15)5-1)12-16-7-3-4-8-17(16)13-18/h1-8H,9-13H2/q+1. The van der Waals surface area contributed by atoms with Crippen molar-refractivity contribution in [2.24, 2.45) is 0 Å². The van der Waals surface area contributed by atoms with Crippen LogP contribution >= 0.6 is 0 Å². The molecule has 2 aromatic rings. The maximum Gasteiger partial charge on any atom is 0.105 e. The van der Waals surface area contributed by atoms with Gasteiger partial charge < -0.3 is 4.48 Å². The lowest BCUT2D eigenvalue weighted by Gasteiger charge is -2.38. The third-order valence-electron chi connectivity index (χ3n) is 4.61. The summed E-state index contributed by atoms with van der Waals surface area (Å²) in [6.45, 7) is 4.96. The molecular weight excluding hydrogens is 218 g/mol. The third kappa shape index (κ3) is 1.51. The Morgan fingerprint density at radius 2 is 1.06 bits per heavy atom.